The van der Waals surface area contributed by atoms with E-state index in [1.54, 1.807) is 32.8 Å². The van der Waals surface area contributed by atoms with Crippen LogP contribution in [0.1, 0.15) is 18.4 Å². The highest BCUT2D eigenvalue weighted by Crippen LogP contribution is 2.48. The molecule has 0 amide bonds. The van der Waals surface area contributed by atoms with Crippen LogP contribution in [0.15, 0.2) is 61.1 Å². The van der Waals surface area contributed by atoms with E-state index in [0.717, 1.165) is 29.2 Å². The molecule has 0 N–H and O–H groups in total. The molecular weight excluding hydrogens is 340 g/mol. The highest BCUT2D eigenvalue weighted by molar-refractivity contribution is 5.73. The summed E-state index contributed by atoms with van der Waals surface area (Å²) in [5.74, 6) is 2.00. The quantitative estimate of drug-likeness (QED) is 0.614. The number of ether oxygens (including phenoxy) is 3. The van der Waals surface area contributed by atoms with E-state index in [-0.39, 0.29) is 5.41 Å². The fourth-order valence-corrected chi connectivity index (χ4v) is 3.37. The second-order valence-electron chi connectivity index (χ2n) is 6.77. The Kier molecular flexibility index (Phi) is 4.77. The Morgan fingerprint density at radius 3 is 2.48 bits per heavy atom. The fraction of sp³-hybridized carbons (Fsp3) is 0.273. The van der Waals surface area contributed by atoms with E-state index in [9.17, 15) is 0 Å². The second-order valence-corrected chi connectivity index (χ2v) is 6.77. The summed E-state index contributed by atoms with van der Waals surface area (Å²) in [4.78, 5) is 8.62. The van der Waals surface area contributed by atoms with Crippen LogP contribution in [-0.2, 0) is 10.2 Å². The largest absolute Gasteiger partial charge is 0.496 e. The van der Waals surface area contributed by atoms with Gasteiger partial charge in [0.2, 0.25) is 5.88 Å². The average Bonchev–Trinajstić information content (AvgIpc) is 3.50. The second kappa shape index (κ2) is 7.37. The Morgan fingerprint density at radius 2 is 1.78 bits per heavy atom. The molecule has 0 aliphatic heterocycles. The molecular formula is C22H22N2O3. The van der Waals surface area contributed by atoms with Crippen molar-refractivity contribution < 1.29 is 14.2 Å². The molecule has 0 saturated heterocycles. The van der Waals surface area contributed by atoms with Gasteiger partial charge in [0.1, 0.15) is 11.5 Å². The molecule has 1 aromatic carbocycles. The predicted octanol–water partition coefficient (Wildman–Crippen LogP) is 4.62. The van der Waals surface area contributed by atoms with Crippen molar-refractivity contribution in [2.75, 3.05) is 20.8 Å². The Bertz CT molecular complexity index is 921. The van der Waals surface area contributed by atoms with Gasteiger partial charge < -0.3 is 14.2 Å². The summed E-state index contributed by atoms with van der Waals surface area (Å²) in [6.07, 6.45) is 7.52. The lowest BCUT2D eigenvalue weighted by Crippen LogP contribution is -2.13. The van der Waals surface area contributed by atoms with Gasteiger partial charge >= 0.3 is 0 Å². The molecule has 0 bridgehead atoms. The van der Waals surface area contributed by atoms with Gasteiger partial charge in [-0.1, -0.05) is 12.1 Å². The molecule has 0 unspecified atom stereocenters. The molecule has 5 nitrogen and oxygen atoms in total. The smallest absolute Gasteiger partial charge is 0.227 e. The van der Waals surface area contributed by atoms with Crippen molar-refractivity contribution in [3.8, 4) is 28.5 Å². The molecule has 2 heterocycles. The molecule has 138 valence electrons. The van der Waals surface area contributed by atoms with Crippen LogP contribution >= 0.6 is 0 Å². The third-order valence-corrected chi connectivity index (χ3v) is 5.02. The van der Waals surface area contributed by atoms with Crippen LogP contribution in [0.5, 0.6) is 17.4 Å². The summed E-state index contributed by atoms with van der Waals surface area (Å²) in [5.41, 5.74) is 3.17. The number of rotatable bonds is 7. The fourth-order valence-electron chi connectivity index (χ4n) is 3.37. The standard InChI is InChI=1S/C22H22N2O3/c1-25-15-22(10-11-22)16-5-7-17(8-6-16)27-21-18(4-3-12-24-21)19-14-23-13-9-20(19)26-2/h3-9,12-14H,10-11,15H2,1-2H3. The topological polar surface area (TPSA) is 53.5 Å². The van der Waals surface area contributed by atoms with Crippen molar-refractivity contribution in [2.45, 2.75) is 18.3 Å². The first kappa shape index (κ1) is 17.5. The molecule has 0 atom stereocenters. The summed E-state index contributed by atoms with van der Waals surface area (Å²) < 4.78 is 16.9. The van der Waals surface area contributed by atoms with Crippen molar-refractivity contribution >= 4 is 0 Å². The van der Waals surface area contributed by atoms with Crippen LogP contribution in [0.2, 0.25) is 0 Å². The normalized spacial score (nSPS) is 14.6. The minimum Gasteiger partial charge on any atom is -0.496 e. The van der Waals surface area contributed by atoms with Crippen LogP contribution in [0.25, 0.3) is 11.1 Å². The van der Waals surface area contributed by atoms with E-state index < -0.39 is 0 Å². The molecule has 1 saturated carbocycles. The molecule has 1 fully saturated rings. The lowest BCUT2D eigenvalue weighted by molar-refractivity contribution is 0.171. The van der Waals surface area contributed by atoms with Gasteiger partial charge in [-0.05, 0) is 48.7 Å². The molecule has 1 aliphatic rings. The van der Waals surface area contributed by atoms with Crippen LogP contribution in [0.3, 0.4) is 0 Å². The molecule has 27 heavy (non-hydrogen) atoms. The number of nitrogens with zero attached hydrogens (tertiary/aromatic N) is 2. The maximum atomic E-state index is 6.09. The number of hydrogen-bond acceptors (Lipinski definition) is 5. The zero-order valence-corrected chi connectivity index (χ0v) is 15.5. The van der Waals surface area contributed by atoms with Gasteiger partial charge in [0.25, 0.3) is 0 Å². The summed E-state index contributed by atoms with van der Waals surface area (Å²) in [6, 6.07) is 13.9. The van der Waals surface area contributed by atoms with Crippen molar-refractivity contribution in [1.29, 1.82) is 0 Å². The first-order valence-electron chi connectivity index (χ1n) is 8.96. The van der Waals surface area contributed by atoms with Gasteiger partial charge in [-0.3, -0.25) is 4.98 Å². The molecule has 5 heteroatoms. The summed E-state index contributed by atoms with van der Waals surface area (Å²) in [6.45, 7) is 0.762. The Labute approximate surface area is 159 Å². The summed E-state index contributed by atoms with van der Waals surface area (Å²) in [5, 5.41) is 0. The van der Waals surface area contributed by atoms with E-state index in [2.05, 4.69) is 22.1 Å². The monoisotopic (exact) mass is 362 g/mol. The molecule has 0 radical (unpaired) electrons. The number of pyridine rings is 2. The van der Waals surface area contributed by atoms with Crippen LogP contribution in [0, 0.1) is 0 Å². The molecule has 2 aromatic heterocycles. The lowest BCUT2D eigenvalue weighted by atomic mass is 9.97. The first-order valence-corrected chi connectivity index (χ1v) is 8.96. The molecule has 1 aliphatic carbocycles. The zero-order valence-electron chi connectivity index (χ0n) is 15.5. The van der Waals surface area contributed by atoms with Gasteiger partial charge in [-0.25, -0.2) is 4.98 Å². The Balaban J connectivity index is 1.61. The van der Waals surface area contributed by atoms with Crippen molar-refractivity contribution in [3.05, 3.63) is 66.6 Å². The number of methoxy groups -OCH3 is 2. The van der Waals surface area contributed by atoms with Crippen LogP contribution < -0.4 is 9.47 Å². The zero-order chi connectivity index (χ0) is 18.7. The van der Waals surface area contributed by atoms with E-state index in [1.165, 1.54) is 18.4 Å². The maximum absolute atomic E-state index is 6.09. The van der Waals surface area contributed by atoms with Gasteiger partial charge in [-0.15, -0.1) is 0 Å². The number of benzene rings is 1. The third kappa shape index (κ3) is 3.51. The number of hydrogen-bond donors (Lipinski definition) is 0. The van der Waals surface area contributed by atoms with E-state index in [1.807, 2.05) is 30.3 Å². The van der Waals surface area contributed by atoms with Gasteiger partial charge in [0.15, 0.2) is 0 Å². The van der Waals surface area contributed by atoms with Crippen molar-refractivity contribution in [2.24, 2.45) is 0 Å². The van der Waals surface area contributed by atoms with Crippen molar-refractivity contribution in [3.63, 3.8) is 0 Å². The minimum absolute atomic E-state index is 0.187. The minimum atomic E-state index is 0.187. The van der Waals surface area contributed by atoms with Crippen LogP contribution in [0.4, 0.5) is 0 Å². The lowest BCUT2D eigenvalue weighted by Gasteiger charge is -2.16. The molecule has 3 aromatic rings. The van der Waals surface area contributed by atoms with E-state index in [0.29, 0.717) is 5.88 Å². The van der Waals surface area contributed by atoms with Gasteiger partial charge in [-0.2, -0.15) is 0 Å². The SMILES string of the molecule is COCC1(c2ccc(Oc3ncccc3-c3cnccc3OC)cc2)CC1. The molecule has 0 spiro atoms. The Hall–Kier alpha value is -2.92. The molecule has 4 rings (SSSR count). The van der Waals surface area contributed by atoms with Crippen molar-refractivity contribution in [1.82, 2.24) is 9.97 Å². The highest BCUT2D eigenvalue weighted by Gasteiger charge is 2.44. The third-order valence-electron chi connectivity index (χ3n) is 5.02. The Morgan fingerprint density at radius 1 is 0.963 bits per heavy atom. The summed E-state index contributed by atoms with van der Waals surface area (Å²) >= 11 is 0. The van der Waals surface area contributed by atoms with Gasteiger partial charge in [0.05, 0.1) is 13.7 Å². The average molecular weight is 362 g/mol. The highest BCUT2D eigenvalue weighted by atomic mass is 16.5. The van der Waals surface area contributed by atoms with Crippen LogP contribution in [-0.4, -0.2) is 30.8 Å². The predicted molar refractivity (Wildman–Crippen MR) is 103 cm³/mol. The van der Waals surface area contributed by atoms with E-state index in [4.69, 9.17) is 14.2 Å². The summed E-state index contributed by atoms with van der Waals surface area (Å²) in [7, 11) is 3.40. The number of aromatic nitrogens is 2. The maximum Gasteiger partial charge on any atom is 0.227 e. The van der Waals surface area contributed by atoms with Gasteiger partial charge in [0, 0.05) is 42.2 Å². The first-order chi connectivity index (χ1) is 13.3. The van der Waals surface area contributed by atoms with E-state index >= 15 is 0 Å².